The molecule has 0 aliphatic rings. The number of nitrogens with zero attached hydrogens (tertiary/aromatic N) is 2. The lowest BCUT2D eigenvalue weighted by molar-refractivity contribution is -0.150. The van der Waals surface area contributed by atoms with Crippen LogP contribution in [0.3, 0.4) is 0 Å². The third kappa shape index (κ3) is 6.92. The van der Waals surface area contributed by atoms with Gasteiger partial charge in [0.05, 0.1) is 12.5 Å². The SMILES string of the molecule is Cc1cc(N(CCC#N)C(=O)COC(=O)C(NC(=O)c2ccccc2)c2ccccc2)ccc1Cl. The first kappa shape index (κ1) is 25.5. The van der Waals surface area contributed by atoms with Gasteiger partial charge in [0.25, 0.3) is 11.8 Å². The zero-order valence-electron chi connectivity index (χ0n) is 19.1. The van der Waals surface area contributed by atoms with Crippen molar-refractivity contribution in [3.05, 3.63) is 101 Å². The van der Waals surface area contributed by atoms with Crippen LogP contribution in [0.5, 0.6) is 0 Å². The van der Waals surface area contributed by atoms with Crippen LogP contribution in [-0.2, 0) is 14.3 Å². The van der Waals surface area contributed by atoms with Gasteiger partial charge < -0.3 is 15.0 Å². The Balaban J connectivity index is 1.75. The maximum absolute atomic E-state index is 13.0. The van der Waals surface area contributed by atoms with Crippen molar-refractivity contribution >= 4 is 35.1 Å². The first-order chi connectivity index (χ1) is 16.9. The maximum atomic E-state index is 13.0. The molecule has 3 rings (SSSR count). The fourth-order valence-corrected chi connectivity index (χ4v) is 3.50. The van der Waals surface area contributed by atoms with Crippen molar-refractivity contribution < 1.29 is 19.1 Å². The zero-order valence-corrected chi connectivity index (χ0v) is 19.9. The highest BCUT2D eigenvalue weighted by atomic mass is 35.5. The summed E-state index contributed by atoms with van der Waals surface area (Å²) in [6.07, 6.45) is 0.0983. The standard InChI is InChI=1S/C27H24ClN3O4/c1-19-17-22(13-14-23(19)28)31(16-8-15-29)24(32)18-35-27(34)25(20-9-4-2-5-10-20)30-26(33)21-11-6-3-7-12-21/h2-7,9-14,17,25H,8,16,18H2,1H3,(H,30,33). The van der Waals surface area contributed by atoms with Gasteiger partial charge in [-0.1, -0.05) is 60.1 Å². The number of aryl methyl sites for hydroxylation is 1. The molecule has 0 saturated carbocycles. The molecule has 35 heavy (non-hydrogen) atoms. The Morgan fingerprint density at radius 2 is 1.69 bits per heavy atom. The number of carbonyl (C=O) groups excluding carboxylic acids is 3. The molecule has 1 unspecified atom stereocenters. The Morgan fingerprint density at radius 1 is 1.03 bits per heavy atom. The first-order valence-corrected chi connectivity index (χ1v) is 11.3. The molecule has 0 spiro atoms. The van der Waals surface area contributed by atoms with Gasteiger partial charge in [-0.3, -0.25) is 9.59 Å². The Hall–Kier alpha value is -4.15. The molecule has 178 valence electrons. The molecule has 1 N–H and O–H groups in total. The minimum atomic E-state index is -1.11. The van der Waals surface area contributed by atoms with E-state index in [2.05, 4.69) is 5.32 Å². The molecule has 2 amide bonds. The summed E-state index contributed by atoms with van der Waals surface area (Å²) in [4.78, 5) is 40.1. The minimum Gasteiger partial charge on any atom is -0.454 e. The summed E-state index contributed by atoms with van der Waals surface area (Å²) in [6.45, 7) is 1.37. The van der Waals surface area contributed by atoms with Crippen LogP contribution < -0.4 is 10.2 Å². The molecular formula is C27H24ClN3O4. The number of rotatable bonds is 9. The van der Waals surface area contributed by atoms with E-state index < -0.39 is 30.4 Å². The topological polar surface area (TPSA) is 99.5 Å². The van der Waals surface area contributed by atoms with E-state index >= 15 is 0 Å². The molecule has 0 aliphatic carbocycles. The highest BCUT2D eigenvalue weighted by Crippen LogP contribution is 2.23. The predicted octanol–water partition coefficient (Wildman–Crippen LogP) is 4.61. The third-order valence-corrected chi connectivity index (χ3v) is 5.64. The number of nitrogens with one attached hydrogen (secondary N) is 1. The van der Waals surface area contributed by atoms with Crippen LogP contribution in [0, 0.1) is 18.3 Å². The Morgan fingerprint density at radius 3 is 2.31 bits per heavy atom. The molecule has 0 saturated heterocycles. The van der Waals surface area contributed by atoms with Crippen molar-refractivity contribution in [1.29, 1.82) is 5.26 Å². The molecule has 1 atom stereocenters. The lowest BCUT2D eigenvalue weighted by atomic mass is 10.1. The van der Waals surface area contributed by atoms with Gasteiger partial charge in [-0.2, -0.15) is 5.26 Å². The Kier molecular flexibility index (Phi) is 8.99. The normalized spacial score (nSPS) is 11.1. The van der Waals surface area contributed by atoms with E-state index in [1.54, 1.807) is 85.8 Å². The molecule has 0 aliphatic heterocycles. The monoisotopic (exact) mass is 489 g/mol. The van der Waals surface area contributed by atoms with Crippen LogP contribution in [0.1, 0.15) is 33.9 Å². The molecule has 8 heteroatoms. The average molecular weight is 490 g/mol. The van der Waals surface area contributed by atoms with E-state index in [1.807, 2.05) is 6.07 Å². The Labute approximate surface area is 208 Å². The summed E-state index contributed by atoms with van der Waals surface area (Å²) in [5.41, 5.74) is 2.21. The predicted molar refractivity (Wildman–Crippen MR) is 133 cm³/mol. The molecule has 0 aromatic heterocycles. The number of carbonyl (C=O) groups is 3. The number of hydrogen-bond acceptors (Lipinski definition) is 5. The second kappa shape index (κ2) is 12.4. The van der Waals surface area contributed by atoms with E-state index in [9.17, 15) is 14.4 Å². The van der Waals surface area contributed by atoms with Crippen LogP contribution in [0.25, 0.3) is 0 Å². The number of benzene rings is 3. The van der Waals surface area contributed by atoms with Gasteiger partial charge in [0.2, 0.25) is 0 Å². The van der Waals surface area contributed by atoms with Crippen LogP contribution in [0.15, 0.2) is 78.9 Å². The number of anilines is 1. The van der Waals surface area contributed by atoms with Gasteiger partial charge >= 0.3 is 5.97 Å². The average Bonchev–Trinajstić information content (AvgIpc) is 2.89. The summed E-state index contributed by atoms with van der Waals surface area (Å²) in [7, 11) is 0. The van der Waals surface area contributed by atoms with Crippen molar-refractivity contribution in [2.75, 3.05) is 18.1 Å². The van der Waals surface area contributed by atoms with E-state index in [0.29, 0.717) is 21.8 Å². The van der Waals surface area contributed by atoms with Crippen molar-refractivity contribution in [1.82, 2.24) is 5.32 Å². The smallest absolute Gasteiger partial charge is 0.333 e. The van der Waals surface area contributed by atoms with E-state index in [-0.39, 0.29) is 13.0 Å². The van der Waals surface area contributed by atoms with Crippen molar-refractivity contribution in [3.8, 4) is 6.07 Å². The molecule has 0 fully saturated rings. The number of halogens is 1. The fraction of sp³-hybridized carbons (Fsp3) is 0.185. The Bertz CT molecular complexity index is 1230. The van der Waals surface area contributed by atoms with E-state index in [1.165, 1.54) is 4.90 Å². The van der Waals surface area contributed by atoms with Crippen LogP contribution in [0.4, 0.5) is 5.69 Å². The minimum absolute atomic E-state index is 0.0983. The molecule has 3 aromatic rings. The van der Waals surface area contributed by atoms with E-state index in [0.717, 1.165) is 5.56 Å². The number of ether oxygens (including phenoxy) is 1. The number of hydrogen-bond donors (Lipinski definition) is 1. The third-order valence-electron chi connectivity index (χ3n) is 5.22. The first-order valence-electron chi connectivity index (χ1n) is 10.9. The lowest BCUT2D eigenvalue weighted by Crippen LogP contribution is -2.39. The van der Waals surface area contributed by atoms with Gasteiger partial charge in [0.15, 0.2) is 12.6 Å². The van der Waals surface area contributed by atoms with Gasteiger partial charge in [-0.05, 0) is 48.4 Å². The van der Waals surface area contributed by atoms with E-state index in [4.69, 9.17) is 21.6 Å². The summed E-state index contributed by atoms with van der Waals surface area (Å²) in [6, 6.07) is 23.1. The quantitative estimate of drug-likeness (QED) is 0.442. The van der Waals surface area contributed by atoms with Gasteiger partial charge in [0, 0.05) is 22.8 Å². The molecule has 0 bridgehead atoms. The lowest BCUT2D eigenvalue weighted by Gasteiger charge is -2.23. The molecule has 0 radical (unpaired) electrons. The summed E-state index contributed by atoms with van der Waals surface area (Å²) < 4.78 is 5.34. The second-order valence-corrected chi connectivity index (χ2v) is 8.09. The highest BCUT2D eigenvalue weighted by Gasteiger charge is 2.26. The number of esters is 1. The zero-order chi connectivity index (χ0) is 25.2. The van der Waals surface area contributed by atoms with Crippen LogP contribution in [-0.4, -0.2) is 30.9 Å². The summed E-state index contributed by atoms with van der Waals surface area (Å²) >= 11 is 6.09. The number of nitriles is 1. The maximum Gasteiger partial charge on any atom is 0.333 e. The van der Waals surface area contributed by atoms with Crippen molar-refractivity contribution in [3.63, 3.8) is 0 Å². The van der Waals surface area contributed by atoms with Crippen LogP contribution >= 0.6 is 11.6 Å². The van der Waals surface area contributed by atoms with Crippen LogP contribution in [0.2, 0.25) is 5.02 Å². The molecule has 7 nitrogen and oxygen atoms in total. The molecular weight excluding hydrogens is 466 g/mol. The second-order valence-electron chi connectivity index (χ2n) is 7.68. The molecule has 3 aromatic carbocycles. The fourth-order valence-electron chi connectivity index (χ4n) is 3.38. The van der Waals surface area contributed by atoms with Gasteiger partial charge in [-0.15, -0.1) is 0 Å². The van der Waals surface area contributed by atoms with Gasteiger partial charge in [0.1, 0.15) is 0 Å². The summed E-state index contributed by atoms with van der Waals surface area (Å²) in [5.74, 6) is -1.73. The summed E-state index contributed by atoms with van der Waals surface area (Å²) in [5, 5.41) is 12.2. The largest absolute Gasteiger partial charge is 0.454 e. The van der Waals surface area contributed by atoms with Gasteiger partial charge in [-0.25, -0.2) is 4.79 Å². The highest BCUT2D eigenvalue weighted by molar-refractivity contribution is 6.31. The van der Waals surface area contributed by atoms with Crippen molar-refractivity contribution in [2.24, 2.45) is 0 Å². The number of amides is 2. The molecule has 0 heterocycles. The van der Waals surface area contributed by atoms with Crippen molar-refractivity contribution in [2.45, 2.75) is 19.4 Å².